The third kappa shape index (κ3) is 5.80. The van der Waals surface area contributed by atoms with Gasteiger partial charge in [-0.25, -0.2) is 0 Å². The highest BCUT2D eigenvalue weighted by molar-refractivity contribution is 7.26. The van der Waals surface area contributed by atoms with E-state index in [4.69, 9.17) is 4.42 Å². The van der Waals surface area contributed by atoms with Crippen LogP contribution in [0.5, 0.6) is 0 Å². The zero-order valence-electron chi connectivity index (χ0n) is 31.5. The maximum absolute atomic E-state index is 5.87. The van der Waals surface area contributed by atoms with Gasteiger partial charge in [0.05, 0.1) is 17.3 Å². The monoisotopic (exact) mass is 750 g/mol. The molecule has 0 spiro atoms. The van der Waals surface area contributed by atoms with Gasteiger partial charge in [-0.15, -0.1) is 11.3 Å². The molecule has 0 bridgehead atoms. The second-order valence-electron chi connectivity index (χ2n) is 15.0. The molecule has 3 aromatic heterocycles. The topological polar surface area (TPSA) is 21.3 Å². The third-order valence-corrected chi connectivity index (χ3v) is 12.7. The molecule has 1 aliphatic carbocycles. The Kier molecular flexibility index (Phi) is 8.04. The van der Waals surface area contributed by atoms with Crippen molar-refractivity contribution in [2.24, 2.45) is 5.92 Å². The van der Waals surface area contributed by atoms with E-state index < -0.39 is 0 Å². The zero-order chi connectivity index (χ0) is 37.9. The molecule has 4 heteroatoms. The molecule has 3 heterocycles. The number of allylic oxidation sites excluding steroid dienone is 4. The maximum atomic E-state index is 5.87. The van der Waals surface area contributed by atoms with Crippen molar-refractivity contribution < 1.29 is 4.42 Å². The minimum Gasteiger partial charge on any atom is -0.464 e. The molecule has 10 aromatic rings. The van der Waals surface area contributed by atoms with E-state index in [1.54, 1.807) is 6.26 Å². The van der Waals surface area contributed by atoms with Crippen LogP contribution in [0.4, 0.5) is 11.4 Å². The predicted molar refractivity (Wildman–Crippen MR) is 242 cm³/mol. The molecule has 272 valence electrons. The molecule has 0 aliphatic heterocycles. The smallest absolute Gasteiger partial charge is 0.133 e. The molecule has 0 N–H and O–H groups in total. The van der Waals surface area contributed by atoms with Crippen LogP contribution in [0.15, 0.2) is 204 Å². The van der Waals surface area contributed by atoms with Gasteiger partial charge in [0.2, 0.25) is 0 Å². The molecule has 7 aromatic carbocycles. The largest absolute Gasteiger partial charge is 0.464 e. The number of anilines is 2. The van der Waals surface area contributed by atoms with Crippen molar-refractivity contribution >= 4 is 64.7 Å². The molecule has 11 rings (SSSR count). The number of rotatable bonds is 7. The van der Waals surface area contributed by atoms with E-state index in [2.05, 4.69) is 192 Å². The van der Waals surface area contributed by atoms with Crippen LogP contribution in [0.25, 0.3) is 81.2 Å². The number of aromatic nitrogens is 1. The summed E-state index contributed by atoms with van der Waals surface area (Å²) in [6.07, 6.45) is 9.47. The number of nitrogens with zero attached hydrogens (tertiary/aromatic N) is 2. The van der Waals surface area contributed by atoms with Crippen LogP contribution < -0.4 is 4.90 Å². The van der Waals surface area contributed by atoms with E-state index in [0.29, 0.717) is 5.92 Å². The van der Waals surface area contributed by atoms with Gasteiger partial charge >= 0.3 is 0 Å². The van der Waals surface area contributed by atoms with E-state index in [-0.39, 0.29) is 0 Å². The number of hydrogen-bond donors (Lipinski definition) is 0. The molecule has 0 fully saturated rings. The molecule has 1 atom stereocenters. The quantitative estimate of drug-likeness (QED) is 0.162. The predicted octanol–water partition coefficient (Wildman–Crippen LogP) is 15.4. The van der Waals surface area contributed by atoms with Gasteiger partial charge in [-0.3, -0.25) is 0 Å². The highest BCUT2D eigenvalue weighted by Gasteiger charge is 2.20. The Morgan fingerprint density at radius 3 is 2.04 bits per heavy atom. The standard InChI is InChI=1S/C53H38N2OS/c1-35-10-7-13-43(32-35)54(40-11-3-2-4-12-40)41-25-19-36(20-26-41)38-23-29-45-46-30-24-39(51-17-9-31-56-51)34-50(46)55(49(45)33-38)42-27-21-37(22-28-42)44-15-8-16-48-47-14-5-6-18-52(47)57-53(44)48/h2-31,33-35H,32H2,1H3. The molecule has 1 unspecified atom stereocenters. The number of hydrogen-bond acceptors (Lipinski definition) is 3. The number of para-hydroxylation sites is 1. The summed E-state index contributed by atoms with van der Waals surface area (Å²) in [6.45, 7) is 2.28. The SMILES string of the molecule is CC1C=CC=C(N(c2ccccc2)c2ccc(-c3ccc4c5ccc(-c6ccco6)cc5n(-c5ccc(-c6cccc7c6sc6ccccc67)cc5)c4c3)cc2)C1. The molecule has 3 nitrogen and oxygen atoms in total. The minimum atomic E-state index is 0.497. The Hall–Kier alpha value is -6.88. The summed E-state index contributed by atoms with van der Waals surface area (Å²) in [4.78, 5) is 2.40. The molecular formula is C53H38N2OS. The van der Waals surface area contributed by atoms with Crippen molar-refractivity contribution in [1.82, 2.24) is 4.57 Å². The van der Waals surface area contributed by atoms with Gasteiger partial charge in [-0.05, 0) is 107 Å². The first-order valence-corrected chi connectivity index (χ1v) is 20.4. The van der Waals surface area contributed by atoms with Crippen LogP contribution >= 0.6 is 11.3 Å². The average molecular weight is 751 g/mol. The minimum absolute atomic E-state index is 0.497. The summed E-state index contributed by atoms with van der Waals surface area (Å²) < 4.78 is 10.9. The lowest BCUT2D eigenvalue weighted by atomic mass is 9.98. The molecule has 1 aliphatic rings. The Bertz CT molecular complexity index is 3150. The van der Waals surface area contributed by atoms with E-state index in [0.717, 1.165) is 34.6 Å². The fourth-order valence-electron chi connectivity index (χ4n) is 8.69. The molecule has 0 radical (unpaired) electrons. The van der Waals surface area contributed by atoms with E-state index >= 15 is 0 Å². The number of furan rings is 1. The van der Waals surface area contributed by atoms with Crippen molar-refractivity contribution in [2.75, 3.05) is 4.90 Å². The van der Waals surface area contributed by atoms with E-state index in [1.807, 2.05) is 23.5 Å². The lowest BCUT2D eigenvalue weighted by molar-refractivity contribution is 0.582. The lowest BCUT2D eigenvalue weighted by Gasteiger charge is -2.30. The van der Waals surface area contributed by atoms with Crippen LogP contribution in [0.1, 0.15) is 13.3 Å². The maximum Gasteiger partial charge on any atom is 0.133 e. The van der Waals surface area contributed by atoms with Gasteiger partial charge in [0.25, 0.3) is 0 Å². The van der Waals surface area contributed by atoms with Crippen LogP contribution in [0, 0.1) is 5.92 Å². The van der Waals surface area contributed by atoms with Crippen LogP contribution in [0.2, 0.25) is 0 Å². The zero-order valence-corrected chi connectivity index (χ0v) is 32.3. The Morgan fingerprint density at radius 2 is 1.26 bits per heavy atom. The second-order valence-corrected chi connectivity index (χ2v) is 16.1. The van der Waals surface area contributed by atoms with Gasteiger partial charge in [0.15, 0.2) is 0 Å². The number of fused-ring (bicyclic) bond motifs is 6. The first-order chi connectivity index (χ1) is 28.2. The van der Waals surface area contributed by atoms with Gasteiger partial charge in [0, 0.05) is 59.3 Å². The molecule has 0 amide bonds. The highest BCUT2D eigenvalue weighted by atomic mass is 32.1. The van der Waals surface area contributed by atoms with Gasteiger partial charge in [-0.1, -0.05) is 122 Å². The number of benzene rings is 7. The van der Waals surface area contributed by atoms with Crippen molar-refractivity contribution in [1.29, 1.82) is 0 Å². The summed E-state index contributed by atoms with van der Waals surface area (Å²) in [6, 6.07) is 61.8. The van der Waals surface area contributed by atoms with Gasteiger partial charge < -0.3 is 13.9 Å². The summed E-state index contributed by atoms with van der Waals surface area (Å²) in [5.74, 6) is 1.36. The summed E-state index contributed by atoms with van der Waals surface area (Å²) >= 11 is 1.87. The van der Waals surface area contributed by atoms with Crippen LogP contribution in [0.3, 0.4) is 0 Å². The van der Waals surface area contributed by atoms with Crippen molar-refractivity contribution in [3.05, 3.63) is 200 Å². The van der Waals surface area contributed by atoms with Crippen molar-refractivity contribution in [2.45, 2.75) is 13.3 Å². The third-order valence-electron chi connectivity index (χ3n) is 11.4. The second kappa shape index (κ2) is 13.7. The van der Waals surface area contributed by atoms with E-state index in [1.165, 1.54) is 70.1 Å². The Labute approximate surface area is 335 Å². The first-order valence-electron chi connectivity index (χ1n) is 19.6. The summed E-state index contributed by atoms with van der Waals surface area (Å²) in [5, 5.41) is 5.07. The number of thiophene rings is 1. The summed E-state index contributed by atoms with van der Waals surface area (Å²) in [5.41, 5.74) is 13.0. The lowest BCUT2D eigenvalue weighted by Crippen LogP contribution is -2.19. The Balaban J connectivity index is 1.03. The molecule has 0 saturated heterocycles. The normalized spacial score (nSPS) is 14.2. The molecule has 57 heavy (non-hydrogen) atoms. The van der Waals surface area contributed by atoms with E-state index in [9.17, 15) is 0 Å². The van der Waals surface area contributed by atoms with Crippen molar-refractivity contribution in [3.8, 4) is 39.3 Å². The fraction of sp³-hybridized carbons (Fsp3) is 0.0566. The van der Waals surface area contributed by atoms with Crippen LogP contribution in [-0.4, -0.2) is 4.57 Å². The van der Waals surface area contributed by atoms with Gasteiger partial charge in [-0.2, -0.15) is 0 Å². The average Bonchev–Trinajstić information content (AvgIpc) is 4.01. The van der Waals surface area contributed by atoms with Crippen molar-refractivity contribution in [3.63, 3.8) is 0 Å². The molecule has 0 saturated carbocycles. The Morgan fingerprint density at radius 1 is 0.579 bits per heavy atom. The first kappa shape index (κ1) is 33.5. The molecular weight excluding hydrogens is 713 g/mol. The van der Waals surface area contributed by atoms with Gasteiger partial charge in [0.1, 0.15) is 5.76 Å². The summed E-state index contributed by atoms with van der Waals surface area (Å²) in [7, 11) is 0. The highest BCUT2D eigenvalue weighted by Crippen LogP contribution is 2.42. The fourth-order valence-corrected chi connectivity index (χ4v) is 9.92. The van der Waals surface area contributed by atoms with Crippen LogP contribution in [-0.2, 0) is 0 Å².